The van der Waals surface area contributed by atoms with Crippen LogP contribution in [0.3, 0.4) is 0 Å². The molecule has 1 aliphatic carbocycles. The lowest BCUT2D eigenvalue weighted by Gasteiger charge is -2.27. The van der Waals surface area contributed by atoms with Gasteiger partial charge in [-0.1, -0.05) is 0 Å². The molecule has 100 valence electrons. The molecule has 0 aliphatic heterocycles. The maximum Gasteiger partial charge on any atom is 0.287 e. The zero-order chi connectivity index (χ0) is 13.0. The van der Waals surface area contributed by atoms with Crippen molar-refractivity contribution in [3.8, 4) is 0 Å². The number of aromatic amines is 1. The van der Waals surface area contributed by atoms with Gasteiger partial charge in [-0.15, -0.1) is 0 Å². The summed E-state index contributed by atoms with van der Waals surface area (Å²) in [5, 5.41) is 12.0. The first kappa shape index (κ1) is 13.1. The van der Waals surface area contributed by atoms with E-state index in [1.165, 1.54) is 0 Å². The van der Waals surface area contributed by atoms with E-state index in [2.05, 4.69) is 15.3 Å². The molecule has 18 heavy (non-hydrogen) atoms. The number of aromatic nitrogens is 2. The number of hydrogen-bond donors (Lipinski definition) is 3. The van der Waals surface area contributed by atoms with Gasteiger partial charge in [0.05, 0.1) is 0 Å². The van der Waals surface area contributed by atoms with Crippen LogP contribution >= 0.6 is 0 Å². The molecule has 1 heterocycles. The van der Waals surface area contributed by atoms with Crippen LogP contribution in [0.2, 0.25) is 0 Å². The smallest absolute Gasteiger partial charge is 0.287 e. The van der Waals surface area contributed by atoms with E-state index in [1.807, 2.05) is 6.92 Å². The van der Waals surface area contributed by atoms with Gasteiger partial charge in [-0.05, 0) is 44.4 Å². The van der Waals surface area contributed by atoms with Gasteiger partial charge in [-0.3, -0.25) is 4.79 Å². The molecule has 2 rings (SSSR count). The van der Waals surface area contributed by atoms with Gasteiger partial charge in [0, 0.05) is 25.0 Å². The molecule has 1 aromatic rings. The number of aliphatic hydroxyl groups is 1. The maximum absolute atomic E-state index is 11.8. The summed E-state index contributed by atoms with van der Waals surface area (Å²) >= 11 is 0. The van der Waals surface area contributed by atoms with Crippen molar-refractivity contribution in [2.45, 2.75) is 32.6 Å². The van der Waals surface area contributed by atoms with Crippen LogP contribution in [0.15, 0.2) is 6.20 Å². The van der Waals surface area contributed by atoms with Crippen molar-refractivity contribution < 1.29 is 9.90 Å². The minimum Gasteiger partial charge on any atom is -0.396 e. The molecule has 3 N–H and O–H groups in total. The van der Waals surface area contributed by atoms with Gasteiger partial charge < -0.3 is 15.4 Å². The number of carbonyl (C=O) groups is 1. The van der Waals surface area contributed by atoms with Gasteiger partial charge in [0.1, 0.15) is 0 Å². The molecule has 5 nitrogen and oxygen atoms in total. The van der Waals surface area contributed by atoms with E-state index >= 15 is 0 Å². The Morgan fingerprint density at radius 2 is 2.11 bits per heavy atom. The molecule has 0 radical (unpaired) electrons. The second-order valence-corrected chi connectivity index (χ2v) is 5.19. The Hall–Kier alpha value is -1.36. The van der Waals surface area contributed by atoms with E-state index in [9.17, 15) is 4.79 Å². The molecule has 1 amide bonds. The topological polar surface area (TPSA) is 78.0 Å². The summed E-state index contributed by atoms with van der Waals surface area (Å²) in [5.74, 6) is 1.25. The Morgan fingerprint density at radius 1 is 1.44 bits per heavy atom. The normalized spacial score (nSPS) is 23.9. The summed E-state index contributed by atoms with van der Waals surface area (Å²) in [6.07, 6.45) is 5.96. The van der Waals surface area contributed by atoms with Crippen molar-refractivity contribution in [3.63, 3.8) is 0 Å². The highest BCUT2D eigenvalue weighted by Crippen LogP contribution is 2.27. The molecule has 0 atom stereocenters. The SMILES string of the molecule is Cc1cnc(C(=O)NCC2CCC(CO)CC2)[nH]1. The van der Waals surface area contributed by atoms with Crippen LogP contribution in [0.5, 0.6) is 0 Å². The number of aliphatic hydroxyl groups excluding tert-OH is 1. The Balaban J connectivity index is 1.74. The van der Waals surface area contributed by atoms with Crippen LogP contribution in [0.4, 0.5) is 0 Å². The van der Waals surface area contributed by atoms with Gasteiger partial charge in [-0.25, -0.2) is 4.98 Å². The number of nitrogens with one attached hydrogen (secondary N) is 2. The van der Waals surface area contributed by atoms with E-state index in [4.69, 9.17) is 5.11 Å². The highest BCUT2D eigenvalue weighted by atomic mass is 16.3. The van der Waals surface area contributed by atoms with Crippen LogP contribution in [-0.2, 0) is 0 Å². The van der Waals surface area contributed by atoms with Crippen molar-refractivity contribution in [1.29, 1.82) is 0 Å². The van der Waals surface area contributed by atoms with E-state index in [1.54, 1.807) is 6.20 Å². The summed E-state index contributed by atoms with van der Waals surface area (Å²) in [4.78, 5) is 18.7. The molecule has 5 heteroatoms. The Labute approximate surface area is 107 Å². The van der Waals surface area contributed by atoms with Gasteiger partial charge in [0.25, 0.3) is 5.91 Å². The lowest BCUT2D eigenvalue weighted by atomic mass is 9.82. The summed E-state index contributed by atoms with van der Waals surface area (Å²) in [7, 11) is 0. The molecule has 1 saturated carbocycles. The number of nitrogens with zero attached hydrogens (tertiary/aromatic N) is 1. The number of rotatable bonds is 4. The average molecular weight is 251 g/mol. The second kappa shape index (κ2) is 6.00. The van der Waals surface area contributed by atoms with Crippen LogP contribution in [0.1, 0.15) is 42.0 Å². The largest absolute Gasteiger partial charge is 0.396 e. The van der Waals surface area contributed by atoms with Crippen molar-refractivity contribution in [2.24, 2.45) is 11.8 Å². The standard InChI is InChI=1S/C13H21N3O2/c1-9-6-14-12(16-9)13(18)15-7-10-2-4-11(8-17)5-3-10/h6,10-11,17H,2-5,7-8H2,1H3,(H,14,16)(H,15,18). The minimum atomic E-state index is -0.132. The Kier molecular flexibility index (Phi) is 4.36. The summed E-state index contributed by atoms with van der Waals surface area (Å²) in [6.45, 7) is 2.88. The van der Waals surface area contributed by atoms with Crippen molar-refractivity contribution in [3.05, 3.63) is 17.7 Å². The molecule has 1 aliphatic rings. The Bertz CT molecular complexity index is 395. The summed E-state index contributed by atoms with van der Waals surface area (Å²) in [5.41, 5.74) is 0.892. The van der Waals surface area contributed by atoms with E-state index < -0.39 is 0 Å². The van der Waals surface area contributed by atoms with Gasteiger partial charge in [-0.2, -0.15) is 0 Å². The number of aryl methyl sites for hydroxylation is 1. The van der Waals surface area contributed by atoms with E-state index in [-0.39, 0.29) is 5.91 Å². The molecule has 0 bridgehead atoms. The fraction of sp³-hybridized carbons (Fsp3) is 0.692. The molecular weight excluding hydrogens is 230 g/mol. The zero-order valence-corrected chi connectivity index (χ0v) is 10.8. The van der Waals surface area contributed by atoms with Crippen LogP contribution in [0.25, 0.3) is 0 Å². The fourth-order valence-electron chi connectivity index (χ4n) is 2.47. The van der Waals surface area contributed by atoms with Crippen molar-refractivity contribution in [1.82, 2.24) is 15.3 Å². The first-order valence-electron chi connectivity index (χ1n) is 6.59. The number of imidazole rings is 1. The van der Waals surface area contributed by atoms with Gasteiger partial charge in [0.2, 0.25) is 0 Å². The van der Waals surface area contributed by atoms with Crippen molar-refractivity contribution in [2.75, 3.05) is 13.2 Å². The fourth-order valence-corrected chi connectivity index (χ4v) is 2.47. The minimum absolute atomic E-state index is 0.132. The molecular formula is C13H21N3O2. The van der Waals surface area contributed by atoms with E-state index in [0.717, 1.165) is 31.4 Å². The highest BCUT2D eigenvalue weighted by molar-refractivity contribution is 5.90. The molecule has 1 fully saturated rings. The first-order valence-corrected chi connectivity index (χ1v) is 6.59. The predicted octanol–water partition coefficient (Wildman–Crippen LogP) is 1.25. The molecule has 1 aromatic heterocycles. The van der Waals surface area contributed by atoms with Crippen molar-refractivity contribution >= 4 is 5.91 Å². The first-order chi connectivity index (χ1) is 8.69. The summed E-state index contributed by atoms with van der Waals surface area (Å²) < 4.78 is 0. The zero-order valence-electron chi connectivity index (χ0n) is 10.8. The highest BCUT2D eigenvalue weighted by Gasteiger charge is 2.21. The lowest BCUT2D eigenvalue weighted by Crippen LogP contribution is -2.32. The molecule has 0 unspecified atom stereocenters. The van der Waals surface area contributed by atoms with Gasteiger partial charge >= 0.3 is 0 Å². The number of H-pyrrole nitrogens is 1. The Morgan fingerprint density at radius 3 is 2.67 bits per heavy atom. The van der Waals surface area contributed by atoms with Crippen LogP contribution in [0, 0.1) is 18.8 Å². The van der Waals surface area contributed by atoms with Crippen LogP contribution < -0.4 is 5.32 Å². The maximum atomic E-state index is 11.8. The third kappa shape index (κ3) is 3.32. The quantitative estimate of drug-likeness (QED) is 0.753. The van der Waals surface area contributed by atoms with E-state index in [0.29, 0.717) is 30.8 Å². The molecule has 0 aromatic carbocycles. The molecule has 0 spiro atoms. The van der Waals surface area contributed by atoms with Crippen LogP contribution in [-0.4, -0.2) is 34.1 Å². The lowest BCUT2D eigenvalue weighted by molar-refractivity contribution is 0.0927. The average Bonchev–Trinajstić information content (AvgIpc) is 2.83. The number of carbonyl (C=O) groups excluding carboxylic acids is 1. The number of amides is 1. The third-order valence-electron chi connectivity index (χ3n) is 3.69. The second-order valence-electron chi connectivity index (χ2n) is 5.19. The van der Waals surface area contributed by atoms with Gasteiger partial charge in [0.15, 0.2) is 5.82 Å². The molecule has 0 saturated heterocycles. The number of hydrogen-bond acceptors (Lipinski definition) is 3. The monoisotopic (exact) mass is 251 g/mol. The third-order valence-corrected chi connectivity index (χ3v) is 3.69. The predicted molar refractivity (Wildman–Crippen MR) is 68.2 cm³/mol. The summed E-state index contributed by atoms with van der Waals surface area (Å²) in [6, 6.07) is 0.